The molecule has 4 heteroatoms. The van der Waals surface area contributed by atoms with Crippen LogP contribution in [0.15, 0.2) is 24.3 Å². The molecule has 0 aliphatic heterocycles. The van der Waals surface area contributed by atoms with Crippen LogP contribution in [0, 0.1) is 0 Å². The van der Waals surface area contributed by atoms with Crippen LogP contribution < -0.4 is 10.5 Å². The minimum Gasteiger partial charge on any atom is -0.491 e. The molecule has 1 aliphatic rings. The third kappa shape index (κ3) is 4.47. The van der Waals surface area contributed by atoms with Crippen LogP contribution in [0.25, 0.3) is 0 Å². The molecule has 2 rings (SSSR count). The Kier molecular flexibility index (Phi) is 5.83. The second-order valence-corrected chi connectivity index (χ2v) is 5.50. The molecule has 1 atom stereocenters. The minimum atomic E-state index is -0.451. The predicted molar refractivity (Wildman–Crippen MR) is 80.7 cm³/mol. The van der Waals surface area contributed by atoms with Gasteiger partial charge in [-0.1, -0.05) is 25.1 Å². The molecule has 3 N–H and O–H groups in total. The molecule has 0 saturated heterocycles. The highest BCUT2D eigenvalue weighted by molar-refractivity contribution is 5.32. The Morgan fingerprint density at radius 1 is 1.40 bits per heavy atom. The molecule has 0 bridgehead atoms. The van der Waals surface area contributed by atoms with Crippen molar-refractivity contribution < 1.29 is 9.84 Å². The molecule has 1 aromatic rings. The minimum absolute atomic E-state index is 0.323. The van der Waals surface area contributed by atoms with Gasteiger partial charge in [-0.3, -0.25) is 4.90 Å². The smallest absolute Gasteiger partial charge is 0.123 e. The number of rotatable bonds is 9. The van der Waals surface area contributed by atoms with Gasteiger partial charge in [-0.05, 0) is 31.9 Å². The Bertz CT molecular complexity index is 407. The van der Waals surface area contributed by atoms with E-state index in [-0.39, 0.29) is 0 Å². The number of hydrogen-bond donors (Lipinski definition) is 2. The maximum absolute atomic E-state index is 10.1. The first-order valence-electron chi connectivity index (χ1n) is 7.57. The predicted octanol–water partition coefficient (Wildman–Crippen LogP) is 1.76. The van der Waals surface area contributed by atoms with Crippen molar-refractivity contribution in [3.8, 4) is 5.75 Å². The number of hydrogen-bond acceptors (Lipinski definition) is 4. The molecule has 1 aliphatic carbocycles. The van der Waals surface area contributed by atoms with E-state index in [1.54, 1.807) is 0 Å². The topological polar surface area (TPSA) is 58.7 Å². The molecule has 20 heavy (non-hydrogen) atoms. The molecule has 0 heterocycles. The van der Waals surface area contributed by atoms with Gasteiger partial charge in [0.25, 0.3) is 0 Å². The lowest BCUT2D eigenvalue weighted by Gasteiger charge is -2.24. The number of ether oxygens (including phenoxy) is 1. The van der Waals surface area contributed by atoms with Crippen molar-refractivity contribution in [1.29, 1.82) is 0 Å². The second-order valence-electron chi connectivity index (χ2n) is 5.50. The zero-order valence-corrected chi connectivity index (χ0v) is 12.3. The number of nitrogens with zero attached hydrogens (tertiary/aromatic N) is 1. The van der Waals surface area contributed by atoms with Crippen LogP contribution in [0.1, 0.15) is 31.7 Å². The Morgan fingerprint density at radius 3 is 2.80 bits per heavy atom. The summed E-state index contributed by atoms with van der Waals surface area (Å²) < 4.78 is 5.71. The molecule has 0 amide bonds. The van der Waals surface area contributed by atoms with Crippen molar-refractivity contribution in [2.75, 3.05) is 19.7 Å². The third-order valence-electron chi connectivity index (χ3n) is 3.64. The molecular formula is C16H26N2O2. The molecule has 112 valence electrons. The van der Waals surface area contributed by atoms with Gasteiger partial charge in [0.05, 0.1) is 0 Å². The van der Waals surface area contributed by atoms with Gasteiger partial charge < -0.3 is 15.6 Å². The highest BCUT2D eigenvalue weighted by Gasteiger charge is 2.29. The number of benzene rings is 1. The largest absolute Gasteiger partial charge is 0.491 e. The number of para-hydroxylation sites is 1. The number of aliphatic hydroxyl groups excluding tert-OH is 1. The summed E-state index contributed by atoms with van der Waals surface area (Å²) in [4.78, 5) is 2.38. The van der Waals surface area contributed by atoms with Crippen molar-refractivity contribution >= 4 is 0 Å². The van der Waals surface area contributed by atoms with Crippen LogP contribution in [-0.2, 0) is 6.54 Å². The summed E-state index contributed by atoms with van der Waals surface area (Å²) in [5, 5.41) is 10.1. The Labute approximate surface area is 121 Å². The van der Waals surface area contributed by atoms with Crippen LogP contribution in [0.2, 0.25) is 0 Å². The van der Waals surface area contributed by atoms with Crippen molar-refractivity contribution in [3.05, 3.63) is 29.8 Å². The first kappa shape index (κ1) is 15.3. The van der Waals surface area contributed by atoms with Gasteiger partial charge in [0.1, 0.15) is 18.5 Å². The van der Waals surface area contributed by atoms with E-state index in [2.05, 4.69) is 11.8 Å². The zero-order chi connectivity index (χ0) is 14.4. The fourth-order valence-corrected chi connectivity index (χ4v) is 2.47. The third-order valence-corrected chi connectivity index (χ3v) is 3.64. The second kappa shape index (κ2) is 7.62. The van der Waals surface area contributed by atoms with E-state index in [0.29, 0.717) is 25.7 Å². The standard InChI is InChI=1S/C16H26N2O2/c1-2-9-18(14-7-8-14)11-15(19)12-20-16-6-4-3-5-13(16)10-17/h3-6,14-15,19H,2,7-12,17H2,1H3. The molecular weight excluding hydrogens is 252 g/mol. The summed E-state index contributed by atoms with van der Waals surface area (Å²) in [6, 6.07) is 8.41. The van der Waals surface area contributed by atoms with E-state index >= 15 is 0 Å². The number of aliphatic hydroxyl groups is 1. The monoisotopic (exact) mass is 278 g/mol. The van der Waals surface area contributed by atoms with Crippen LogP contribution in [0.4, 0.5) is 0 Å². The lowest BCUT2D eigenvalue weighted by molar-refractivity contribution is 0.0651. The molecule has 0 spiro atoms. The first-order chi connectivity index (χ1) is 9.74. The fourth-order valence-electron chi connectivity index (χ4n) is 2.47. The average molecular weight is 278 g/mol. The normalized spacial score (nSPS) is 16.4. The summed E-state index contributed by atoms with van der Waals surface area (Å²) in [6.45, 7) is 4.71. The summed E-state index contributed by atoms with van der Waals surface area (Å²) in [6.07, 6.45) is 3.21. The summed E-state index contributed by atoms with van der Waals surface area (Å²) in [5.41, 5.74) is 6.65. The van der Waals surface area contributed by atoms with E-state index in [1.807, 2.05) is 24.3 Å². The summed E-state index contributed by atoms with van der Waals surface area (Å²) in [5.74, 6) is 0.780. The van der Waals surface area contributed by atoms with Gasteiger partial charge in [0.2, 0.25) is 0 Å². The molecule has 1 saturated carbocycles. The van der Waals surface area contributed by atoms with Crippen LogP contribution in [-0.4, -0.2) is 41.8 Å². The maximum atomic E-state index is 10.1. The molecule has 1 fully saturated rings. The van der Waals surface area contributed by atoms with E-state index in [0.717, 1.165) is 24.3 Å². The molecule has 0 aromatic heterocycles. The van der Waals surface area contributed by atoms with E-state index in [1.165, 1.54) is 12.8 Å². The Balaban J connectivity index is 1.80. The highest BCUT2D eigenvalue weighted by Crippen LogP contribution is 2.27. The fraction of sp³-hybridized carbons (Fsp3) is 0.625. The van der Waals surface area contributed by atoms with Gasteiger partial charge in [-0.25, -0.2) is 0 Å². The molecule has 1 aromatic carbocycles. The highest BCUT2D eigenvalue weighted by atomic mass is 16.5. The van der Waals surface area contributed by atoms with Gasteiger partial charge >= 0.3 is 0 Å². The average Bonchev–Trinajstić information content (AvgIpc) is 3.29. The van der Waals surface area contributed by atoms with Crippen molar-refractivity contribution in [1.82, 2.24) is 4.90 Å². The SMILES string of the molecule is CCCN(CC(O)COc1ccccc1CN)C1CC1. The van der Waals surface area contributed by atoms with Gasteiger partial charge in [-0.15, -0.1) is 0 Å². The van der Waals surface area contributed by atoms with Crippen LogP contribution in [0.3, 0.4) is 0 Å². The number of nitrogens with two attached hydrogens (primary N) is 1. The molecule has 0 radical (unpaired) electrons. The van der Waals surface area contributed by atoms with Crippen molar-refractivity contribution in [2.24, 2.45) is 5.73 Å². The van der Waals surface area contributed by atoms with E-state index in [9.17, 15) is 5.11 Å². The zero-order valence-electron chi connectivity index (χ0n) is 12.3. The lowest BCUT2D eigenvalue weighted by Crippen LogP contribution is -2.37. The van der Waals surface area contributed by atoms with Crippen LogP contribution >= 0.6 is 0 Å². The summed E-state index contributed by atoms with van der Waals surface area (Å²) >= 11 is 0. The Hall–Kier alpha value is -1.10. The van der Waals surface area contributed by atoms with Gasteiger partial charge in [0, 0.05) is 24.7 Å². The van der Waals surface area contributed by atoms with E-state index < -0.39 is 6.10 Å². The van der Waals surface area contributed by atoms with Crippen LogP contribution in [0.5, 0.6) is 5.75 Å². The molecule has 1 unspecified atom stereocenters. The molecule has 4 nitrogen and oxygen atoms in total. The van der Waals surface area contributed by atoms with Gasteiger partial charge in [-0.2, -0.15) is 0 Å². The van der Waals surface area contributed by atoms with Crippen molar-refractivity contribution in [2.45, 2.75) is 44.9 Å². The van der Waals surface area contributed by atoms with Gasteiger partial charge in [0.15, 0.2) is 0 Å². The van der Waals surface area contributed by atoms with Crippen molar-refractivity contribution in [3.63, 3.8) is 0 Å². The Morgan fingerprint density at radius 2 is 2.15 bits per heavy atom. The lowest BCUT2D eigenvalue weighted by atomic mass is 10.2. The quantitative estimate of drug-likeness (QED) is 0.722. The van der Waals surface area contributed by atoms with E-state index in [4.69, 9.17) is 10.5 Å². The first-order valence-corrected chi connectivity index (χ1v) is 7.57. The summed E-state index contributed by atoms with van der Waals surface area (Å²) in [7, 11) is 0. The maximum Gasteiger partial charge on any atom is 0.123 e.